The average Bonchev–Trinajstić information content (AvgIpc) is 2.77. The number of alkyl halides is 3. The number of anilines is 1. The molecule has 1 aromatic heterocycles. The maximum absolute atomic E-state index is 12.8. The van der Waals surface area contributed by atoms with Crippen molar-refractivity contribution >= 4 is 5.82 Å². The molecule has 1 fully saturated rings. The molecule has 3 nitrogen and oxygen atoms in total. The maximum atomic E-state index is 12.8. The molecule has 1 N–H and O–H groups in total. The third kappa shape index (κ3) is 2.58. The van der Waals surface area contributed by atoms with Gasteiger partial charge in [-0.15, -0.1) is 0 Å². The molecule has 0 saturated carbocycles. The SMILES string of the molecule is CC(O)C1CCN(c2ncccc2C(F)(F)F)C1. The van der Waals surface area contributed by atoms with Crippen LogP contribution in [0.5, 0.6) is 0 Å². The van der Waals surface area contributed by atoms with Crippen molar-refractivity contribution in [2.24, 2.45) is 5.92 Å². The van der Waals surface area contributed by atoms with Crippen LogP contribution >= 0.6 is 0 Å². The average molecular weight is 260 g/mol. The molecule has 2 heterocycles. The number of hydrogen-bond acceptors (Lipinski definition) is 3. The predicted molar refractivity (Wildman–Crippen MR) is 61.2 cm³/mol. The van der Waals surface area contributed by atoms with E-state index in [2.05, 4.69) is 4.98 Å². The molecule has 18 heavy (non-hydrogen) atoms. The summed E-state index contributed by atoms with van der Waals surface area (Å²) in [5, 5.41) is 9.48. The van der Waals surface area contributed by atoms with Gasteiger partial charge in [0, 0.05) is 25.2 Å². The van der Waals surface area contributed by atoms with Gasteiger partial charge < -0.3 is 10.0 Å². The summed E-state index contributed by atoms with van der Waals surface area (Å²) in [6.07, 6.45) is -2.86. The molecule has 0 aromatic carbocycles. The molecule has 1 aliphatic rings. The van der Waals surface area contributed by atoms with Gasteiger partial charge in [0.05, 0.1) is 11.7 Å². The van der Waals surface area contributed by atoms with Crippen LogP contribution < -0.4 is 4.90 Å². The molecular formula is C12H15F3N2O. The molecule has 0 aliphatic carbocycles. The number of hydrogen-bond donors (Lipinski definition) is 1. The lowest BCUT2D eigenvalue weighted by Crippen LogP contribution is -2.26. The highest BCUT2D eigenvalue weighted by molar-refractivity contribution is 5.49. The first-order valence-electron chi connectivity index (χ1n) is 5.85. The van der Waals surface area contributed by atoms with Crippen molar-refractivity contribution in [3.8, 4) is 0 Å². The Morgan fingerprint density at radius 1 is 1.50 bits per heavy atom. The van der Waals surface area contributed by atoms with Gasteiger partial charge in [0.2, 0.25) is 0 Å². The summed E-state index contributed by atoms with van der Waals surface area (Å²) in [7, 11) is 0. The molecule has 2 rings (SSSR count). The van der Waals surface area contributed by atoms with Crippen molar-refractivity contribution in [3.63, 3.8) is 0 Å². The van der Waals surface area contributed by atoms with Crippen LogP contribution in [0, 0.1) is 5.92 Å². The number of aromatic nitrogens is 1. The number of rotatable bonds is 2. The Hall–Kier alpha value is -1.30. The van der Waals surface area contributed by atoms with E-state index in [0.29, 0.717) is 19.5 Å². The highest BCUT2D eigenvalue weighted by atomic mass is 19.4. The standard InChI is InChI=1S/C12H15F3N2O/c1-8(18)9-4-6-17(7-9)11-10(12(13,14)15)3-2-5-16-11/h2-3,5,8-9,18H,4,6-7H2,1H3. The van der Waals surface area contributed by atoms with E-state index in [-0.39, 0.29) is 11.7 Å². The molecule has 100 valence electrons. The predicted octanol–water partition coefficient (Wildman–Crippen LogP) is 2.31. The van der Waals surface area contributed by atoms with Crippen LogP contribution in [-0.2, 0) is 6.18 Å². The molecular weight excluding hydrogens is 245 g/mol. The van der Waals surface area contributed by atoms with Crippen LogP contribution in [-0.4, -0.2) is 29.3 Å². The third-order valence-corrected chi connectivity index (χ3v) is 3.30. The van der Waals surface area contributed by atoms with E-state index in [0.717, 1.165) is 6.07 Å². The molecule has 1 aliphatic heterocycles. The van der Waals surface area contributed by atoms with E-state index in [1.54, 1.807) is 11.8 Å². The molecule has 0 spiro atoms. The number of halogens is 3. The van der Waals surface area contributed by atoms with Crippen LogP contribution in [0.25, 0.3) is 0 Å². The minimum absolute atomic E-state index is 0.00749. The van der Waals surface area contributed by atoms with E-state index in [1.165, 1.54) is 12.3 Å². The van der Waals surface area contributed by atoms with E-state index < -0.39 is 17.8 Å². The number of aliphatic hydroxyl groups excluding tert-OH is 1. The summed E-state index contributed by atoms with van der Waals surface area (Å²) < 4.78 is 38.5. The smallest absolute Gasteiger partial charge is 0.393 e. The van der Waals surface area contributed by atoms with Gasteiger partial charge in [-0.3, -0.25) is 0 Å². The van der Waals surface area contributed by atoms with Crippen LogP contribution in [0.4, 0.5) is 19.0 Å². The molecule has 6 heteroatoms. The fraction of sp³-hybridized carbons (Fsp3) is 0.583. The first-order valence-corrected chi connectivity index (χ1v) is 5.85. The second kappa shape index (κ2) is 4.76. The second-order valence-corrected chi connectivity index (χ2v) is 4.61. The largest absolute Gasteiger partial charge is 0.419 e. The van der Waals surface area contributed by atoms with Gasteiger partial charge in [-0.2, -0.15) is 13.2 Å². The summed E-state index contributed by atoms with van der Waals surface area (Å²) in [6, 6.07) is 2.33. The van der Waals surface area contributed by atoms with Crippen LogP contribution in [0.15, 0.2) is 18.3 Å². The van der Waals surface area contributed by atoms with Crippen LogP contribution in [0.3, 0.4) is 0 Å². The molecule has 1 saturated heterocycles. The van der Waals surface area contributed by atoms with Gasteiger partial charge in [0.25, 0.3) is 0 Å². The van der Waals surface area contributed by atoms with Gasteiger partial charge in [0.15, 0.2) is 0 Å². The zero-order chi connectivity index (χ0) is 13.3. The zero-order valence-electron chi connectivity index (χ0n) is 9.98. The molecule has 0 bridgehead atoms. The molecule has 2 unspecified atom stereocenters. The Balaban J connectivity index is 2.25. The number of aliphatic hydroxyl groups is 1. The van der Waals surface area contributed by atoms with Crippen molar-refractivity contribution in [2.45, 2.75) is 25.6 Å². The Morgan fingerprint density at radius 3 is 2.78 bits per heavy atom. The first kappa shape index (κ1) is 13.1. The molecule has 1 aromatic rings. The minimum atomic E-state index is -4.40. The Kier molecular flexibility index (Phi) is 3.47. The first-order chi connectivity index (χ1) is 8.39. The Labute approximate surface area is 103 Å². The van der Waals surface area contributed by atoms with Crippen molar-refractivity contribution in [2.75, 3.05) is 18.0 Å². The summed E-state index contributed by atoms with van der Waals surface area (Å²) in [5.74, 6) is -0.0266. The normalized spacial score (nSPS) is 22.3. The minimum Gasteiger partial charge on any atom is -0.393 e. The fourth-order valence-corrected chi connectivity index (χ4v) is 2.24. The number of pyridine rings is 1. The van der Waals surface area contributed by atoms with E-state index in [4.69, 9.17) is 0 Å². The van der Waals surface area contributed by atoms with Gasteiger partial charge in [-0.25, -0.2) is 4.98 Å². The quantitative estimate of drug-likeness (QED) is 0.886. The monoisotopic (exact) mass is 260 g/mol. The van der Waals surface area contributed by atoms with Crippen LogP contribution in [0.1, 0.15) is 18.9 Å². The highest BCUT2D eigenvalue weighted by Gasteiger charge is 2.37. The molecule has 0 amide bonds. The summed E-state index contributed by atoms with van der Waals surface area (Å²) in [4.78, 5) is 5.44. The Bertz CT molecular complexity index is 420. The van der Waals surface area contributed by atoms with Gasteiger partial charge in [-0.1, -0.05) is 0 Å². The van der Waals surface area contributed by atoms with Gasteiger partial charge in [-0.05, 0) is 25.5 Å². The van der Waals surface area contributed by atoms with E-state index in [9.17, 15) is 18.3 Å². The van der Waals surface area contributed by atoms with Crippen LogP contribution in [0.2, 0.25) is 0 Å². The van der Waals surface area contributed by atoms with Crippen molar-refractivity contribution in [3.05, 3.63) is 23.9 Å². The van der Waals surface area contributed by atoms with Crippen molar-refractivity contribution in [1.82, 2.24) is 4.98 Å². The second-order valence-electron chi connectivity index (χ2n) is 4.61. The molecule has 2 atom stereocenters. The fourth-order valence-electron chi connectivity index (χ4n) is 2.24. The Morgan fingerprint density at radius 2 is 2.22 bits per heavy atom. The van der Waals surface area contributed by atoms with Gasteiger partial charge >= 0.3 is 6.18 Å². The lowest BCUT2D eigenvalue weighted by molar-refractivity contribution is -0.137. The third-order valence-electron chi connectivity index (χ3n) is 3.30. The van der Waals surface area contributed by atoms with E-state index in [1.807, 2.05) is 0 Å². The highest BCUT2D eigenvalue weighted by Crippen LogP contribution is 2.37. The van der Waals surface area contributed by atoms with Crippen molar-refractivity contribution in [1.29, 1.82) is 0 Å². The summed E-state index contributed by atoms with van der Waals surface area (Å²) in [5.41, 5.74) is -0.712. The lowest BCUT2D eigenvalue weighted by atomic mass is 10.0. The number of nitrogens with zero attached hydrogens (tertiary/aromatic N) is 2. The zero-order valence-corrected chi connectivity index (χ0v) is 9.98. The van der Waals surface area contributed by atoms with Crippen molar-refractivity contribution < 1.29 is 18.3 Å². The lowest BCUT2D eigenvalue weighted by Gasteiger charge is -2.22. The maximum Gasteiger partial charge on any atom is 0.419 e. The van der Waals surface area contributed by atoms with Gasteiger partial charge in [0.1, 0.15) is 5.82 Å². The summed E-state index contributed by atoms with van der Waals surface area (Å²) in [6.45, 7) is 2.57. The molecule has 0 radical (unpaired) electrons. The topological polar surface area (TPSA) is 36.4 Å². The van der Waals surface area contributed by atoms with E-state index >= 15 is 0 Å². The summed E-state index contributed by atoms with van der Waals surface area (Å²) >= 11 is 0.